The monoisotopic (exact) mass is 252 g/mol. The molecule has 1 aromatic rings. The van der Waals surface area contributed by atoms with E-state index >= 15 is 0 Å². The molecular weight excluding hydrogens is 232 g/mol. The normalized spacial score (nSPS) is 12.1. The van der Waals surface area contributed by atoms with Gasteiger partial charge in [-0.1, -0.05) is 13.0 Å². The number of carbonyl (C=O) groups is 1. The number of nitrogens with one attached hydrogen (secondary N) is 1. The minimum Gasteiger partial charge on any atom is -0.353 e. The maximum Gasteiger partial charge on any atom is 0.230 e. The quantitative estimate of drug-likeness (QED) is 0.757. The van der Waals surface area contributed by atoms with Crippen molar-refractivity contribution in [1.29, 1.82) is 0 Å². The molecule has 0 unspecified atom stereocenters. The average Bonchev–Trinajstić information content (AvgIpc) is 2.30. The summed E-state index contributed by atoms with van der Waals surface area (Å²) in [5.41, 5.74) is 1.15. The molecule has 0 aromatic carbocycles. The first-order chi connectivity index (χ1) is 8.22. The molecule has 94 valence electrons. The zero-order valence-electron chi connectivity index (χ0n) is 10.5. The van der Waals surface area contributed by atoms with Gasteiger partial charge in [0, 0.05) is 18.4 Å². The first-order valence-electron chi connectivity index (χ1n) is 5.98. The third-order valence-corrected chi connectivity index (χ3v) is 3.42. The van der Waals surface area contributed by atoms with Crippen LogP contribution in [-0.4, -0.2) is 28.4 Å². The van der Waals surface area contributed by atoms with Gasteiger partial charge in [0.1, 0.15) is 0 Å². The van der Waals surface area contributed by atoms with Crippen molar-refractivity contribution in [1.82, 2.24) is 10.3 Å². The zero-order chi connectivity index (χ0) is 12.5. The predicted octanol–water partition coefficient (Wildman–Crippen LogP) is 2.27. The molecule has 0 saturated carbocycles. The fraction of sp³-hybridized carbons (Fsp3) is 0.538. The molecule has 1 N–H and O–H groups in total. The maximum atomic E-state index is 11.6. The molecule has 0 aliphatic heterocycles. The summed E-state index contributed by atoms with van der Waals surface area (Å²) >= 11 is 1.69. The third kappa shape index (κ3) is 6.31. The van der Waals surface area contributed by atoms with Gasteiger partial charge >= 0.3 is 0 Å². The highest BCUT2D eigenvalue weighted by Gasteiger charge is 2.07. The lowest BCUT2D eigenvalue weighted by Gasteiger charge is -2.13. The van der Waals surface area contributed by atoms with Gasteiger partial charge in [0.15, 0.2) is 0 Å². The molecule has 17 heavy (non-hydrogen) atoms. The second-order valence-electron chi connectivity index (χ2n) is 4.09. The van der Waals surface area contributed by atoms with Gasteiger partial charge in [0.05, 0.1) is 5.75 Å². The van der Waals surface area contributed by atoms with E-state index in [-0.39, 0.29) is 11.9 Å². The van der Waals surface area contributed by atoms with Crippen molar-refractivity contribution in [3.05, 3.63) is 30.1 Å². The molecule has 1 heterocycles. The van der Waals surface area contributed by atoms with E-state index in [1.54, 1.807) is 18.0 Å². The van der Waals surface area contributed by atoms with Gasteiger partial charge in [-0.15, -0.1) is 0 Å². The summed E-state index contributed by atoms with van der Waals surface area (Å²) in [6.07, 6.45) is 5.55. The van der Waals surface area contributed by atoms with Gasteiger partial charge in [-0.05, 0) is 37.1 Å². The largest absolute Gasteiger partial charge is 0.353 e. The molecule has 0 radical (unpaired) electrons. The Morgan fingerprint density at radius 2 is 2.41 bits per heavy atom. The Labute approximate surface area is 107 Å². The maximum absolute atomic E-state index is 11.6. The Morgan fingerprint density at radius 1 is 1.59 bits per heavy atom. The second-order valence-corrected chi connectivity index (χ2v) is 5.19. The summed E-state index contributed by atoms with van der Waals surface area (Å²) in [5.74, 6) is 1.73. The van der Waals surface area contributed by atoms with Crippen LogP contribution in [0.1, 0.15) is 25.8 Å². The Balaban J connectivity index is 2.25. The highest BCUT2D eigenvalue weighted by Crippen LogP contribution is 2.03. The molecular formula is C13H20N2OS. The number of amides is 1. The summed E-state index contributed by atoms with van der Waals surface area (Å²) in [6.45, 7) is 4.14. The Hall–Kier alpha value is -1.03. The van der Waals surface area contributed by atoms with Gasteiger partial charge in [0.25, 0.3) is 0 Å². The number of rotatable bonds is 7. The molecule has 0 spiro atoms. The van der Waals surface area contributed by atoms with E-state index in [1.807, 2.05) is 25.3 Å². The van der Waals surface area contributed by atoms with Crippen LogP contribution in [0.25, 0.3) is 0 Å². The van der Waals surface area contributed by atoms with Gasteiger partial charge in [-0.3, -0.25) is 9.78 Å². The molecule has 1 aromatic heterocycles. The van der Waals surface area contributed by atoms with Gasteiger partial charge in [-0.25, -0.2) is 0 Å². The fourth-order valence-electron chi connectivity index (χ4n) is 1.55. The molecule has 1 amide bonds. The molecule has 0 aliphatic carbocycles. The lowest BCUT2D eigenvalue weighted by molar-refractivity contribution is -0.119. The van der Waals surface area contributed by atoms with E-state index in [4.69, 9.17) is 0 Å². The first-order valence-corrected chi connectivity index (χ1v) is 7.14. The summed E-state index contributed by atoms with van der Waals surface area (Å²) < 4.78 is 0. The second kappa shape index (κ2) is 8.12. The van der Waals surface area contributed by atoms with E-state index in [2.05, 4.69) is 17.2 Å². The van der Waals surface area contributed by atoms with E-state index in [0.717, 1.165) is 24.2 Å². The Kier molecular flexibility index (Phi) is 6.70. The molecule has 0 fully saturated rings. The van der Waals surface area contributed by atoms with Crippen molar-refractivity contribution in [2.45, 2.75) is 32.7 Å². The van der Waals surface area contributed by atoms with Crippen LogP contribution >= 0.6 is 11.8 Å². The summed E-state index contributed by atoms with van der Waals surface area (Å²) in [7, 11) is 0. The van der Waals surface area contributed by atoms with Crippen molar-refractivity contribution in [3.63, 3.8) is 0 Å². The Bertz CT molecular complexity index is 329. The van der Waals surface area contributed by atoms with Crippen LogP contribution in [-0.2, 0) is 11.2 Å². The lowest BCUT2D eigenvalue weighted by Crippen LogP contribution is -2.35. The number of hydrogen-bond acceptors (Lipinski definition) is 3. The number of aromatic nitrogens is 1. The standard InChI is InChI=1S/C13H20N2OS/c1-3-7-17-10-13(16)15-11(2)8-12-5-4-6-14-9-12/h4-6,9,11H,3,7-8,10H2,1-2H3,(H,15,16)/t11-/m1/s1. The number of carbonyl (C=O) groups excluding carboxylic acids is 1. The number of thioether (sulfide) groups is 1. The van der Waals surface area contributed by atoms with Gasteiger partial charge < -0.3 is 5.32 Å². The highest BCUT2D eigenvalue weighted by molar-refractivity contribution is 7.99. The molecule has 1 atom stereocenters. The van der Waals surface area contributed by atoms with Crippen LogP contribution in [0.3, 0.4) is 0 Å². The fourth-order valence-corrected chi connectivity index (χ4v) is 2.25. The molecule has 0 bridgehead atoms. The molecule has 3 nitrogen and oxygen atoms in total. The minimum absolute atomic E-state index is 0.125. The highest BCUT2D eigenvalue weighted by atomic mass is 32.2. The van der Waals surface area contributed by atoms with Gasteiger partial charge in [-0.2, -0.15) is 11.8 Å². The average molecular weight is 252 g/mol. The zero-order valence-corrected chi connectivity index (χ0v) is 11.3. The lowest BCUT2D eigenvalue weighted by atomic mass is 10.1. The number of nitrogens with zero attached hydrogens (tertiary/aromatic N) is 1. The van der Waals surface area contributed by atoms with Gasteiger partial charge in [0.2, 0.25) is 5.91 Å². The number of hydrogen-bond donors (Lipinski definition) is 1. The molecule has 0 aliphatic rings. The predicted molar refractivity (Wildman–Crippen MR) is 73.2 cm³/mol. The van der Waals surface area contributed by atoms with Crippen molar-refractivity contribution < 1.29 is 4.79 Å². The third-order valence-electron chi connectivity index (χ3n) is 2.25. The van der Waals surface area contributed by atoms with Crippen LogP contribution in [0.15, 0.2) is 24.5 Å². The van der Waals surface area contributed by atoms with E-state index in [1.165, 1.54) is 0 Å². The van der Waals surface area contributed by atoms with Crippen LogP contribution in [0.4, 0.5) is 0 Å². The van der Waals surface area contributed by atoms with E-state index < -0.39 is 0 Å². The van der Waals surface area contributed by atoms with Crippen molar-refractivity contribution in [3.8, 4) is 0 Å². The van der Waals surface area contributed by atoms with Crippen LogP contribution in [0.2, 0.25) is 0 Å². The summed E-state index contributed by atoms with van der Waals surface area (Å²) in [6, 6.07) is 4.11. The summed E-state index contributed by atoms with van der Waals surface area (Å²) in [5, 5.41) is 3.00. The number of pyridine rings is 1. The topological polar surface area (TPSA) is 42.0 Å². The molecule has 4 heteroatoms. The van der Waals surface area contributed by atoms with Crippen LogP contribution in [0.5, 0.6) is 0 Å². The van der Waals surface area contributed by atoms with Crippen molar-refractivity contribution in [2.75, 3.05) is 11.5 Å². The van der Waals surface area contributed by atoms with Crippen molar-refractivity contribution >= 4 is 17.7 Å². The molecule has 0 saturated heterocycles. The van der Waals surface area contributed by atoms with E-state index in [9.17, 15) is 4.79 Å². The molecule has 1 rings (SSSR count). The minimum atomic E-state index is 0.125. The smallest absolute Gasteiger partial charge is 0.230 e. The SMILES string of the molecule is CCCSCC(=O)N[C@H](C)Cc1cccnc1. The van der Waals surface area contributed by atoms with Crippen LogP contribution < -0.4 is 5.32 Å². The first kappa shape index (κ1) is 14.0. The summed E-state index contributed by atoms with van der Waals surface area (Å²) in [4.78, 5) is 15.6. The Morgan fingerprint density at radius 3 is 3.06 bits per heavy atom. The van der Waals surface area contributed by atoms with Crippen LogP contribution in [0, 0.1) is 0 Å². The van der Waals surface area contributed by atoms with Crippen molar-refractivity contribution in [2.24, 2.45) is 0 Å². The van der Waals surface area contributed by atoms with E-state index in [0.29, 0.717) is 5.75 Å².